The molecule has 0 spiro atoms. The van der Waals surface area contributed by atoms with E-state index in [9.17, 15) is 9.18 Å². The standard InChI is InChI=1S/C16H10ClFN2O/c17-15-13-7-2-1-6-12(13)14(9-19-15)16(21)20-11-5-3-4-10(18)8-11/h1-9H,(H,20,21). The normalized spacial score (nSPS) is 10.6. The summed E-state index contributed by atoms with van der Waals surface area (Å²) >= 11 is 6.02. The summed E-state index contributed by atoms with van der Waals surface area (Å²) in [5.74, 6) is -0.771. The van der Waals surface area contributed by atoms with Crippen LogP contribution in [0.25, 0.3) is 10.8 Å². The molecule has 3 rings (SSSR count). The highest BCUT2D eigenvalue weighted by atomic mass is 35.5. The summed E-state index contributed by atoms with van der Waals surface area (Å²) in [6, 6.07) is 12.9. The molecule has 1 amide bonds. The van der Waals surface area contributed by atoms with Crippen molar-refractivity contribution < 1.29 is 9.18 Å². The van der Waals surface area contributed by atoms with E-state index in [2.05, 4.69) is 10.3 Å². The van der Waals surface area contributed by atoms with Crippen LogP contribution in [0.3, 0.4) is 0 Å². The predicted molar refractivity (Wildman–Crippen MR) is 81.1 cm³/mol. The molecule has 1 N–H and O–H groups in total. The fraction of sp³-hybridized carbons (Fsp3) is 0. The fourth-order valence-electron chi connectivity index (χ4n) is 2.10. The first kappa shape index (κ1) is 13.5. The van der Waals surface area contributed by atoms with E-state index in [-0.39, 0.29) is 5.91 Å². The molecule has 3 aromatic rings. The van der Waals surface area contributed by atoms with Gasteiger partial charge in [0.05, 0.1) is 5.56 Å². The maximum absolute atomic E-state index is 13.1. The Kier molecular flexibility index (Phi) is 3.54. The third kappa shape index (κ3) is 2.71. The van der Waals surface area contributed by atoms with Crippen LogP contribution in [0.15, 0.2) is 54.7 Å². The lowest BCUT2D eigenvalue weighted by Gasteiger charge is -2.08. The molecule has 0 aliphatic carbocycles. The Labute approximate surface area is 125 Å². The van der Waals surface area contributed by atoms with Gasteiger partial charge < -0.3 is 5.32 Å². The lowest BCUT2D eigenvalue weighted by molar-refractivity contribution is 0.102. The van der Waals surface area contributed by atoms with Gasteiger partial charge in [0.25, 0.3) is 5.91 Å². The topological polar surface area (TPSA) is 42.0 Å². The van der Waals surface area contributed by atoms with Crippen LogP contribution in [0.4, 0.5) is 10.1 Å². The van der Waals surface area contributed by atoms with Crippen LogP contribution in [0.2, 0.25) is 5.15 Å². The maximum Gasteiger partial charge on any atom is 0.257 e. The molecule has 0 radical (unpaired) electrons. The predicted octanol–water partition coefficient (Wildman–Crippen LogP) is 4.28. The van der Waals surface area contributed by atoms with Gasteiger partial charge in [-0.25, -0.2) is 9.37 Å². The SMILES string of the molecule is O=C(Nc1cccc(F)c1)c1cnc(Cl)c2ccccc12. The largest absolute Gasteiger partial charge is 0.322 e. The molecule has 104 valence electrons. The quantitative estimate of drug-likeness (QED) is 0.718. The second-order valence-corrected chi connectivity index (χ2v) is 4.83. The average molecular weight is 301 g/mol. The van der Waals surface area contributed by atoms with E-state index in [1.54, 1.807) is 18.2 Å². The Hall–Kier alpha value is -2.46. The second-order valence-electron chi connectivity index (χ2n) is 4.47. The highest BCUT2D eigenvalue weighted by molar-refractivity contribution is 6.35. The van der Waals surface area contributed by atoms with Crippen LogP contribution in [0, 0.1) is 5.82 Å². The summed E-state index contributed by atoms with van der Waals surface area (Å²) in [5.41, 5.74) is 0.776. The Morgan fingerprint density at radius 2 is 1.86 bits per heavy atom. The molecule has 21 heavy (non-hydrogen) atoms. The molecule has 2 aromatic carbocycles. The molecular weight excluding hydrogens is 291 g/mol. The first-order valence-corrected chi connectivity index (χ1v) is 6.63. The van der Waals surface area contributed by atoms with Crippen molar-refractivity contribution in [1.82, 2.24) is 4.98 Å². The van der Waals surface area contributed by atoms with E-state index in [0.717, 1.165) is 0 Å². The number of hydrogen-bond donors (Lipinski definition) is 1. The van der Waals surface area contributed by atoms with Crippen molar-refractivity contribution in [3.05, 3.63) is 71.3 Å². The number of fused-ring (bicyclic) bond motifs is 1. The van der Waals surface area contributed by atoms with Crippen LogP contribution in [0.5, 0.6) is 0 Å². The molecule has 0 bridgehead atoms. The lowest BCUT2D eigenvalue weighted by atomic mass is 10.1. The molecule has 0 saturated heterocycles. The average Bonchev–Trinajstić information content (AvgIpc) is 2.48. The van der Waals surface area contributed by atoms with Crippen molar-refractivity contribution >= 4 is 34.0 Å². The lowest BCUT2D eigenvalue weighted by Crippen LogP contribution is -2.13. The number of amides is 1. The van der Waals surface area contributed by atoms with Crippen LogP contribution >= 0.6 is 11.6 Å². The van der Waals surface area contributed by atoms with Crippen molar-refractivity contribution in [2.75, 3.05) is 5.32 Å². The first-order valence-electron chi connectivity index (χ1n) is 6.25. The van der Waals surface area contributed by atoms with Gasteiger partial charge in [0.2, 0.25) is 0 Å². The monoisotopic (exact) mass is 300 g/mol. The molecule has 0 saturated carbocycles. The van der Waals surface area contributed by atoms with Crippen molar-refractivity contribution in [2.45, 2.75) is 0 Å². The summed E-state index contributed by atoms with van der Waals surface area (Å²) in [5, 5.41) is 4.39. The van der Waals surface area contributed by atoms with Crippen molar-refractivity contribution in [3.63, 3.8) is 0 Å². The van der Waals surface area contributed by atoms with Crippen LogP contribution in [-0.4, -0.2) is 10.9 Å². The van der Waals surface area contributed by atoms with Gasteiger partial charge >= 0.3 is 0 Å². The highest BCUT2D eigenvalue weighted by Gasteiger charge is 2.13. The van der Waals surface area contributed by atoms with E-state index in [1.165, 1.54) is 24.4 Å². The zero-order valence-electron chi connectivity index (χ0n) is 10.8. The van der Waals surface area contributed by atoms with E-state index in [4.69, 9.17) is 11.6 Å². The van der Waals surface area contributed by atoms with Crippen molar-refractivity contribution in [1.29, 1.82) is 0 Å². The molecule has 0 aliphatic rings. The molecule has 0 atom stereocenters. The number of nitrogens with zero attached hydrogens (tertiary/aromatic N) is 1. The van der Waals surface area contributed by atoms with Gasteiger partial charge in [0.1, 0.15) is 11.0 Å². The Balaban J connectivity index is 2.01. The maximum atomic E-state index is 13.1. The minimum Gasteiger partial charge on any atom is -0.322 e. The zero-order valence-corrected chi connectivity index (χ0v) is 11.6. The van der Waals surface area contributed by atoms with Crippen molar-refractivity contribution in [2.24, 2.45) is 0 Å². The molecular formula is C16H10ClFN2O. The number of carbonyl (C=O) groups excluding carboxylic acids is 1. The molecule has 0 fully saturated rings. The highest BCUT2D eigenvalue weighted by Crippen LogP contribution is 2.24. The number of rotatable bonds is 2. The van der Waals surface area contributed by atoms with E-state index < -0.39 is 5.82 Å². The molecule has 3 nitrogen and oxygen atoms in total. The minimum absolute atomic E-state index is 0.341. The van der Waals surface area contributed by atoms with E-state index in [0.29, 0.717) is 27.2 Å². The van der Waals surface area contributed by atoms with Gasteiger partial charge in [-0.1, -0.05) is 41.9 Å². The summed E-state index contributed by atoms with van der Waals surface area (Å²) in [6.45, 7) is 0. The van der Waals surface area contributed by atoms with E-state index in [1.807, 2.05) is 12.1 Å². The first-order chi connectivity index (χ1) is 10.1. The number of pyridine rings is 1. The van der Waals surface area contributed by atoms with Crippen LogP contribution in [0.1, 0.15) is 10.4 Å². The second kappa shape index (κ2) is 5.50. The van der Waals surface area contributed by atoms with Crippen LogP contribution < -0.4 is 5.32 Å². The number of carbonyl (C=O) groups is 1. The number of hydrogen-bond acceptors (Lipinski definition) is 2. The number of anilines is 1. The van der Waals surface area contributed by atoms with Gasteiger partial charge in [-0.05, 0) is 23.6 Å². The fourth-order valence-corrected chi connectivity index (χ4v) is 2.32. The number of nitrogens with one attached hydrogen (secondary N) is 1. The summed E-state index contributed by atoms with van der Waals surface area (Å²) in [7, 11) is 0. The third-order valence-electron chi connectivity index (χ3n) is 3.07. The smallest absolute Gasteiger partial charge is 0.257 e. The Morgan fingerprint density at radius 3 is 2.62 bits per heavy atom. The molecule has 1 heterocycles. The third-order valence-corrected chi connectivity index (χ3v) is 3.37. The summed E-state index contributed by atoms with van der Waals surface area (Å²) in [6.07, 6.45) is 1.42. The summed E-state index contributed by atoms with van der Waals surface area (Å²) < 4.78 is 13.1. The molecule has 5 heteroatoms. The number of benzene rings is 2. The van der Waals surface area contributed by atoms with Gasteiger partial charge in [0, 0.05) is 17.3 Å². The number of halogens is 2. The zero-order chi connectivity index (χ0) is 14.8. The Bertz CT molecular complexity index is 835. The molecule has 1 aromatic heterocycles. The van der Waals surface area contributed by atoms with Gasteiger partial charge in [0.15, 0.2) is 0 Å². The van der Waals surface area contributed by atoms with Gasteiger partial charge in [-0.2, -0.15) is 0 Å². The Morgan fingerprint density at radius 1 is 1.10 bits per heavy atom. The summed E-state index contributed by atoms with van der Waals surface area (Å²) in [4.78, 5) is 16.4. The van der Waals surface area contributed by atoms with E-state index >= 15 is 0 Å². The van der Waals surface area contributed by atoms with Crippen LogP contribution in [-0.2, 0) is 0 Å². The molecule has 0 aliphatic heterocycles. The number of aromatic nitrogens is 1. The molecule has 0 unspecified atom stereocenters. The van der Waals surface area contributed by atoms with Gasteiger partial charge in [-0.3, -0.25) is 4.79 Å². The van der Waals surface area contributed by atoms with Gasteiger partial charge in [-0.15, -0.1) is 0 Å². The van der Waals surface area contributed by atoms with Crippen molar-refractivity contribution in [3.8, 4) is 0 Å². The minimum atomic E-state index is -0.410.